The number of ether oxygens (including phenoxy) is 4. The van der Waals surface area contributed by atoms with Crippen LogP contribution in [0.2, 0.25) is 18.1 Å². The summed E-state index contributed by atoms with van der Waals surface area (Å²) in [5.74, 6) is -3.08. The van der Waals surface area contributed by atoms with Crippen molar-refractivity contribution in [1.29, 1.82) is 0 Å². The summed E-state index contributed by atoms with van der Waals surface area (Å²) >= 11 is 0. The molecule has 1 aromatic rings. The number of benzene rings is 1. The van der Waals surface area contributed by atoms with Crippen LogP contribution in [0.25, 0.3) is 0 Å². The lowest BCUT2D eigenvalue weighted by Gasteiger charge is -2.50. The van der Waals surface area contributed by atoms with Gasteiger partial charge in [0.2, 0.25) is 0 Å². The molecule has 42 heavy (non-hydrogen) atoms. The van der Waals surface area contributed by atoms with E-state index in [-0.39, 0.29) is 41.5 Å². The van der Waals surface area contributed by atoms with Gasteiger partial charge in [-0.2, -0.15) is 0 Å². The lowest BCUT2D eigenvalue weighted by Crippen LogP contribution is -2.56. The Kier molecular flexibility index (Phi) is 9.89. The number of hydrogen-bond acceptors (Lipinski definition) is 8. The van der Waals surface area contributed by atoms with E-state index in [0.29, 0.717) is 6.42 Å². The minimum Gasteiger partial charge on any atom is -0.485 e. The summed E-state index contributed by atoms with van der Waals surface area (Å²) in [5.41, 5.74) is -1.37. The Labute approximate surface area is 251 Å². The van der Waals surface area contributed by atoms with Gasteiger partial charge in [-0.05, 0) is 63.2 Å². The summed E-state index contributed by atoms with van der Waals surface area (Å²) in [5, 5.41) is -0.118. The van der Waals surface area contributed by atoms with Crippen molar-refractivity contribution >= 4 is 26.2 Å². The van der Waals surface area contributed by atoms with Gasteiger partial charge in [0.25, 0.3) is 5.76 Å². The van der Waals surface area contributed by atoms with Crippen molar-refractivity contribution in [2.75, 3.05) is 7.11 Å². The molecule has 232 valence electrons. The molecule has 0 amide bonds. The van der Waals surface area contributed by atoms with Gasteiger partial charge in [-0.3, -0.25) is 9.59 Å². The molecular weight excluding hydrogens is 552 g/mol. The van der Waals surface area contributed by atoms with E-state index in [2.05, 4.69) is 40.4 Å². The van der Waals surface area contributed by atoms with Gasteiger partial charge < -0.3 is 23.4 Å². The summed E-state index contributed by atoms with van der Waals surface area (Å²) < 4.78 is 30.5. The van der Waals surface area contributed by atoms with E-state index in [4.69, 9.17) is 23.4 Å². The van der Waals surface area contributed by atoms with Crippen molar-refractivity contribution in [2.24, 2.45) is 23.2 Å². The highest BCUT2D eigenvalue weighted by atomic mass is 28.4. The SMILES string of the molecule is C=CC(O[Si](C)(C)C(C)(C)C)[C@@H]1C[C@H](C(=O)OC)[C@H](C)C[C@]12OC(=O)C(OC(=O)C(C)(C)C)=C2OCc1ccccc1. The molecule has 8 nitrogen and oxygen atoms in total. The maximum atomic E-state index is 13.6. The van der Waals surface area contributed by atoms with Crippen LogP contribution in [-0.2, 0) is 44.4 Å². The van der Waals surface area contributed by atoms with Crippen LogP contribution in [0.1, 0.15) is 66.9 Å². The summed E-state index contributed by atoms with van der Waals surface area (Å²) in [6, 6.07) is 9.52. The Morgan fingerprint density at radius 2 is 1.76 bits per heavy atom. The second-order valence-corrected chi connectivity index (χ2v) is 18.8. The molecule has 1 aliphatic carbocycles. The molecule has 0 aromatic heterocycles. The van der Waals surface area contributed by atoms with Crippen LogP contribution >= 0.6 is 0 Å². The van der Waals surface area contributed by atoms with Crippen LogP contribution in [0.15, 0.2) is 54.5 Å². The zero-order valence-electron chi connectivity index (χ0n) is 26.9. The molecular formula is C33H48O8Si. The summed E-state index contributed by atoms with van der Waals surface area (Å²) in [7, 11) is -0.989. The molecule has 3 rings (SSSR count). The van der Waals surface area contributed by atoms with Crippen LogP contribution in [0.4, 0.5) is 0 Å². The van der Waals surface area contributed by atoms with E-state index in [9.17, 15) is 14.4 Å². The van der Waals surface area contributed by atoms with E-state index >= 15 is 0 Å². The fourth-order valence-corrected chi connectivity index (χ4v) is 6.63. The maximum Gasteiger partial charge on any atom is 0.379 e. The lowest BCUT2D eigenvalue weighted by molar-refractivity contribution is -0.176. The number of esters is 3. The first-order chi connectivity index (χ1) is 19.4. The number of methoxy groups -OCH3 is 1. The van der Waals surface area contributed by atoms with Crippen molar-refractivity contribution in [2.45, 2.75) is 97.8 Å². The fraction of sp³-hybridized carbons (Fsp3) is 0.606. The van der Waals surface area contributed by atoms with E-state index in [1.54, 1.807) is 26.8 Å². The Bertz CT molecular complexity index is 1210. The van der Waals surface area contributed by atoms with Crippen molar-refractivity contribution in [3.63, 3.8) is 0 Å². The molecule has 1 fully saturated rings. The monoisotopic (exact) mass is 600 g/mol. The topological polar surface area (TPSA) is 97.4 Å². The van der Waals surface area contributed by atoms with Crippen LogP contribution < -0.4 is 0 Å². The van der Waals surface area contributed by atoms with Crippen LogP contribution in [0.3, 0.4) is 0 Å². The highest BCUT2D eigenvalue weighted by molar-refractivity contribution is 6.74. The second-order valence-electron chi connectivity index (χ2n) is 14.1. The Hall–Kier alpha value is -2.91. The van der Waals surface area contributed by atoms with Gasteiger partial charge in [0.1, 0.15) is 6.61 Å². The molecule has 2 aliphatic rings. The predicted octanol–water partition coefficient (Wildman–Crippen LogP) is 6.71. The number of hydrogen-bond donors (Lipinski definition) is 0. The minimum absolute atomic E-state index is 0.118. The van der Waals surface area contributed by atoms with Gasteiger partial charge >= 0.3 is 17.9 Å². The Morgan fingerprint density at radius 1 is 1.14 bits per heavy atom. The molecule has 0 N–H and O–H groups in total. The molecule has 9 heteroatoms. The van der Waals surface area contributed by atoms with Crippen molar-refractivity contribution in [3.8, 4) is 0 Å². The Balaban J connectivity index is 2.21. The first-order valence-electron chi connectivity index (χ1n) is 14.6. The van der Waals surface area contributed by atoms with Gasteiger partial charge in [0, 0.05) is 5.92 Å². The molecule has 5 atom stereocenters. The van der Waals surface area contributed by atoms with Crippen molar-refractivity contribution in [1.82, 2.24) is 0 Å². The molecule has 1 saturated carbocycles. The largest absolute Gasteiger partial charge is 0.485 e. The smallest absolute Gasteiger partial charge is 0.379 e. The predicted molar refractivity (Wildman–Crippen MR) is 162 cm³/mol. The Morgan fingerprint density at radius 3 is 2.29 bits per heavy atom. The van der Waals surface area contributed by atoms with E-state index < -0.39 is 49.2 Å². The molecule has 0 radical (unpaired) electrons. The first-order valence-corrected chi connectivity index (χ1v) is 17.5. The number of rotatable bonds is 9. The van der Waals surface area contributed by atoms with Gasteiger partial charge in [0.15, 0.2) is 19.7 Å². The third kappa shape index (κ3) is 6.83. The molecule has 1 aromatic carbocycles. The molecule has 0 bridgehead atoms. The molecule has 1 heterocycles. The lowest BCUT2D eigenvalue weighted by atomic mass is 9.63. The van der Waals surface area contributed by atoms with E-state index in [0.717, 1.165) is 5.56 Å². The maximum absolute atomic E-state index is 13.6. The van der Waals surface area contributed by atoms with Gasteiger partial charge in [-0.25, -0.2) is 4.79 Å². The normalized spacial score (nSPS) is 25.6. The van der Waals surface area contributed by atoms with Crippen LogP contribution in [0, 0.1) is 23.2 Å². The highest BCUT2D eigenvalue weighted by Gasteiger charge is 2.63. The zero-order valence-corrected chi connectivity index (χ0v) is 27.9. The third-order valence-corrected chi connectivity index (χ3v) is 13.3. The number of carbonyl (C=O) groups is 3. The van der Waals surface area contributed by atoms with Crippen LogP contribution in [0.5, 0.6) is 0 Å². The van der Waals surface area contributed by atoms with Crippen molar-refractivity contribution < 1.29 is 37.8 Å². The standard InChI is InChI=1S/C33H48O8Si/c1-12-25(41-42(10,11)32(6,7)8)24-18-23(28(34)37-9)21(2)19-33(24)27(38-20-22-16-14-13-15-17-22)26(29(35)40-33)39-30(36)31(3,4)5/h12-17,21,23-25H,1,18-20H2,2-11H3/t21-,23+,24+,25?,33+/m1/s1. The van der Waals surface area contributed by atoms with E-state index in [1.165, 1.54) is 7.11 Å². The molecule has 1 aliphatic heterocycles. The number of carbonyl (C=O) groups excluding carboxylic acids is 3. The average Bonchev–Trinajstić information content (AvgIpc) is 3.15. The summed E-state index contributed by atoms with van der Waals surface area (Å²) in [4.78, 5) is 39.6. The summed E-state index contributed by atoms with van der Waals surface area (Å²) in [6.45, 7) is 22.0. The third-order valence-electron chi connectivity index (χ3n) is 8.87. The van der Waals surface area contributed by atoms with Gasteiger partial charge in [-0.1, -0.05) is 64.1 Å². The average molecular weight is 601 g/mol. The second kappa shape index (κ2) is 12.4. The molecule has 1 unspecified atom stereocenters. The van der Waals surface area contributed by atoms with Gasteiger partial charge in [0.05, 0.1) is 24.5 Å². The van der Waals surface area contributed by atoms with Crippen LogP contribution in [-0.4, -0.2) is 45.0 Å². The zero-order chi connectivity index (χ0) is 31.7. The molecule has 1 spiro atoms. The first kappa shape index (κ1) is 33.6. The summed E-state index contributed by atoms with van der Waals surface area (Å²) in [6.07, 6.45) is 1.67. The molecule has 0 saturated heterocycles. The highest BCUT2D eigenvalue weighted by Crippen LogP contribution is 2.54. The van der Waals surface area contributed by atoms with Crippen molar-refractivity contribution in [3.05, 3.63) is 60.1 Å². The minimum atomic E-state index is -2.36. The fourth-order valence-electron chi connectivity index (χ4n) is 5.33. The van der Waals surface area contributed by atoms with Gasteiger partial charge in [-0.15, -0.1) is 6.58 Å². The van der Waals surface area contributed by atoms with E-state index in [1.807, 2.05) is 37.3 Å². The quantitative estimate of drug-likeness (QED) is 0.134.